The third kappa shape index (κ3) is 4.37. The molecule has 0 amide bonds. The summed E-state index contributed by atoms with van der Waals surface area (Å²) >= 11 is 0. The molecule has 3 heteroatoms. The van der Waals surface area contributed by atoms with Crippen LogP contribution in [0.1, 0.15) is 113 Å². The summed E-state index contributed by atoms with van der Waals surface area (Å²) in [6.45, 7) is 20.0. The second-order valence-electron chi connectivity index (χ2n) is 14.9. The van der Waals surface area contributed by atoms with Crippen LogP contribution in [-0.4, -0.2) is 58.2 Å². The van der Waals surface area contributed by atoms with Crippen molar-refractivity contribution in [2.24, 2.45) is 22.7 Å². The minimum absolute atomic E-state index is 0.291. The molecule has 180 valence electrons. The van der Waals surface area contributed by atoms with E-state index in [4.69, 9.17) is 0 Å². The maximum Gasteiger partial charge on any atom is 0.0300 e. The number of fused-ring (bicyclic) bond motifs is 1. The smallest absolute Gasteiger partial charge is 0.0300 e. The molecule has 0 radical (unpaired) electrons. The molecule has 2 saturated heterocycles. The minimum atomic E-state index is 0.291. The molecule has 3 nitrogen and oxygen atoms in total. The van der Waals surface area contributed by atoms with Gasteiger partial charge in [-0.15, -0.1) is 0 Å². The first-order chi connectivity index (χ1) is 14.2. The Balaban J connectivity index is 1.48. The normalized spacial score (nSPS) is 37.1. The molecular weight excluding hydrogens is 378 g/mol. The van der Waals surface area contributed by atoms with Gasteiger partial charge in [-0.2, -0.15) is 0 Å². The van der Waals surface area contributed by atoms with Gasteiger partial charge in [0, 0.05) is 43.3 Å². The van der Waals surface area contributed by atoms with Gasteiger partial charge in [-0.3, -0.25) is 4.90 Å². The van der Waals surface area contributed by atoms with Crippen molar-refractivity contribution in [2.75, 3.05) is 14.1 Å². The van der Waals surface area contributed by atoms with Crippen LogP contribution in [0.25, 0.3) is 0 Å². The highest BCUT2D eigenvalue weighted by Gasteiger charge is 2.60. The van der Waals surface area contributed by atoms with E-state index in [1.54, 1.807) is 0 Å². The molecule has 1 spiro atoms. The maximum atomic E-state index is 2.99. The van der Waals surface area contributed by atoms with Crippen molar-refractivity contribution in [3.8, 4) is 0 Å². The van der Waals surface area contributed by atoms with Crippen LogP contribution in [0.15, 0.2) is 0 Å². The van der Waals surface area contributed by atoms with E-state index in [9.17, 15) is 0 Å². The lowest BCUT2D eigenvalue weighted by molar-refractivity contribution is -0.0764. The van der Waals surface area contributed by atoms with Crippen LogP contribution in [0.2, 0.25) is 0 Å². The van der Waals surface area contributed by atoms with Crippen molar-refractivity contribution >= 4 is 0 Å². The first-order valence-electron chi connectivity index (χ1n) is 13.4. The molecule has 0 aromatic carbocycles. The molecule has 4 fully saturated rings. The van der Waals surface area contributed by atoms with Crippen LogP contribution >= 0.6 is 0 Å². The molecule has 2 aliphatic carbocycles. The van der Waals surface area contributed by atoms with Gasteiger partial charge in [0.25, 0.3) is 0 Å². The highest BCUT2D eigenvalue weighted by molar-refractivity contribution is 5.16. The Morgan fingerprint density at radius 3 is 1.97 bits per heavy atom. The molecule has 31 heavy (non-hydrogen) atoms. The number of hydrogen-bond acceptors (Lipinski definition) is 3. The van der Waals surface area contributed by atoms with Crippen molar-refractivity contribution in [1.29, 1.82) is 0 Å². The number of nitrogens with zero attached hydrogens (tertiary/aromatic N) is 3. The Morgan fingerprint density at radius 1 is 0.806 bits per heavy atom. The van der Waals surface area contributed by atoms with Crippen LogP contribution < -0.4 is 0 Å². The van der Waals surface area contributed by atoms with Crippen molar-refractivity contribution in [1.82, 2.24) is 14.9 Å². The Morgan fingerprint density at radius 2 is 1.45 bits per heavy atom. The van der Waals surface area contributed by atoms with Gasteiger partial charge in [-0.25, -0.2) is 10.0 Å². The highest BCUT2D eigenvalue weighted by atomic mass is 15.6. The number of hydrazine groups is 1. The fourth-order valence-corrected chi connectivity index (χ4v) is 8.45. The van der Waals surface area contributed by atoms with Crippen LogP contribution in [0.3, 0.4) is 0 Å². The average Bonchev–Trinajstić information content (AvgIpc) is 3.08. The van der Waals surface area contributed by atoms with Crippen molar-refractivity contribution < 1.29 is 0 Å². The van der Waals surface area contributed by atoms with E-state index < -0.39 is 0 Å². The van der Waals surface area contributed by atoms with Gasteiger partial charge in [0.2, 0.25) is 0 Å². The molecule has 0 N–H and O–H groups in total. The molecule has 0 bridgehead atoms. The SMILES string of the molecule is CN(C)N1C2CC(CC(C)(C)C3CCC4(CC4)N3C(C)(C)C)CCC2CC1C(C)(C)C. The van der Waals surface area contributed by atoms with E-state index >= 15 is 0 Å². The monoisotopic (exact) mass is 431 g/mol. The Bertz CT molecular complexity index is 648. The van der Waals surface area contributed by atoms with Crippen LogP contribution in [0.4, 0.5) is 0 Å². The second-order valence-corrected chi connectivity index (χ2v) is 14.9. The Labute approximate surface area is 194 Å². The standard InChI is InChI=1S/C28H53N3/c1-25(2,3)24-18-21-12-11-20(17-22(21)30(24)29(9)10)19-27(7,8)23-13-14-28(15-16-28)31(23)26(4,5)6/h20-24H,11-19H2,1-10H3. The predicted octanol–water partition coefficient (Wildman–Crippen LogP) is 6.58. The molecule has 0 aromatic rings. The van der Waals surface area contributed by atoms with E-state index in [2.05, 4.69) is 84.4 Å². The summed E-state index contributed by atoms with van der Waals surface area (Å²) in [7, 11) is 4.56. The molecule has 4 rings (SSSR count). The van der Waals surface area contributed by atoms with E-state index in [0.717, 1.165) is 23.9 Å². The molecule has 0 aromatic heterocycles. The fourth-order valence-electron chi connectivity index (χ4n) is 8.45. The second kappa shape index (κ2) is 7.70. The molecule has 5 unspecified atom stereocenters. The van der Waals surface area contributed by atoms with Gasteiger partial charge in [0.1, 0.15) is 0 Å². The largest absolute Gasteiger partial charge is 0.289 e. The van der Waals surface area contributed by atoms with E-state index in [1.807, 2.05) is 0 Å². The molecule has 2 aliphatic heterocycles. The highest BCUT2D eigenvalue weighted by Crippen LogP contribution is 2.59. The zero-order valence-electron chi connectivity index (χ0n) is 22.6. The zero-order chi connectivity index (χ0) is 23.0. The van der Waals surface area contributed by atoms with Gasteiger partial charge in [-0.05, 0) is 94.8 Å². The molecular formula is C28H53N3. The number of hydrogen-bond donors (Lipinski definition) is 0. The fraction of sp³-hybridized carbons (Fsp3) is 1.00. The average molecular weight is 432 g/mol. The van der Waals surface area contributed by atoms with Crippen molar-refractivity contribution in [3.63, 3.8) is 0 Å². The summed E-state index contributed by atoms with van der Waals surface area (Å²) in [6.07, 6.45) is 12.8. The number of likely N-dealkylation sites (tertiary alicyclic amines) is 1. The van der Waals surface area contributed by atoms with Gasteiger partial charge in [0.15, 0.2) is 0 Å². The Hall–Kier alpha value is -0.120. The van der Waals surface area contributed by atoms with Crippen molar-refractivity contribution in [3.05, 3.63) is 0 Å². The maximum absolute atomic E-state index is 2.99. The van der Waals surface area contributed by atoms with Crippen LogP contribution in [0, 0.1) is 22.7 Å². The molecule has 2 saturated carbocycles. The van der Waals surface area contributed by atoms with Gasteiger partial charge >= 0.3 is 0 Å². The van der Waals surface area contributed by atoms with Gasteiger partial charge < -0.3 is 0 Å². The lowest BCUT2D eigenvalue weighted by Crippen LogP contribution is -2.55. The van der Waals surface area contributed by atoms with Gasteiger partial charge in [0.05, 0.1) is 0 Å². The number of rotatable bonds is 4. The summed E-state index contributed by atoms with van der Waals surface area (Å²) in [6, 6.07) is 2.19. The summed E-state index contributed by atoms with van der Waals surface area (Å²) < 4.78 is 0. The van der Waals surface area contributed by atoms with Gasteiger partial charge in [-0.1, -0.05) is 41.0 Å². The molecule has 2 heterocycles. The summed E-state index contributed by atoms with van der Waals surface area (Å²) in [4.78, 5) is 2.99. The van der Waals surface area contributed by atoms with Crippen molar-refractivity contribution in [2.45, 2.75) is 142 Å². The third-order valence-electron chi connectivity index (χ3n) is 9.68. The quantitative estimate of drug-likeness (QED) is 0.498. The predicted molar refractivity (Wildman–Crippen MR) is 133 cm³/mol. The first-order valence-corrected chi connectivity index (χ1v) is 13.4. The van der Waals surface area contributed by atoms with Crippen LogP contribution in [-0.2, 0) is 0 Å². The van der Waals surface area contributed by atoms with E-state index in [0.29, 0.717) is 27.9 Å². The van der Waals surface area contributed by atoms with E-state index in [1.165, 1.54) is 57.8 Å². The minimum Gasteiger partial charge on any atom is -0.289 e. The summed E-state index contributed by atoms with van der Waals surface area (Å²) in [5, 5.41) is 5.23. The topological polar surface area (TPSA) is 9.72 Å². The lowest BCUT2D eigenvalue weighted by Gasteiger charge is -2.49. The van der Waals surface area contributed by atoms with E-state index in [-0.39, 0.29) is 0 Å². The molecule has 4 aliphatic rings. The first kappa shape index (κ1) is 24.0. The summed E-state index contributed by atoms with van der Waals surface area (Å²) in [5.74, 6) is 1.79. The van der Waals surface area contributed by atoms with Crippen LogP contribution in [0.5, 0.6) is 0 Å². The third-order valence-corrected chi connectivity index (χ3v) is 9.68. The Kier molecular flexibility index (Phi) is 5.97. The molecule has 5 atom stereocenters. The zero-order valence-corrected chi connectivity index (χ0v) is 22.6. The lowest BCUT2D eigenvalue weighted by atomic mass is 9.68. The summed E-state index contributed by atoms with van der Waals surface area (Å²) in [5.41, 5.74) is 1.61.